The van der Waals surface area contributed by atoms with Crippen LogP contribution in [-0.2, 0) is 22.6 Å². The molecule has 39 heavy (non-hydrogen) atoms. The summed E-state index contributed by atoms with van der Waals surface area (Å²) in [4.78, 5) is 32.8. The molecule has 1 aromatic heterocycles. The van der Waals surface area contributed by atoms with Gasteiger partial charge in [0.1, 0.15) is 17.6 Å². The summed E-state index contributed by atoms with van der Waals surface area (Å²) >= 11 is 0. The van der Waals surface area contributed by atoms with Crippen molar-refractivity contribution in [2.75, 3.05) is 7.11 Å². The standard InChI is InChI=1S/C32H34FN3O3/c1-39-29-18-10-5-11-22(29)21-36(30(37)19-23-20-34-28-17-9-7-14-25(23)28)31(26-15-6-8-16-27(26)33)32(38)35-24-12-3-2-4-13-24/h5-11,14-18,20,24,31,34H,2-4,12-13,19,21H2,1H3,(H,35,38)/t31-/m1/s1. The fourth-order valence-electron chi connectivity index (χ4n) is 5.56. The third-order valence-corrected chi connectivity index (χ3v) is 7.58. The first-order valence-electron chi connectivity index (χ1n) is 13.6. The highest BCUT2D eigenvalue weighted by molar-refractivity contribution is 5.92. The number of hydrogen-bond donors (Lipinski definition) is 2. The monoisotopic (exact) mass is 527 g/mol. The molecule has 6 nitrogen and oxygen atoms in total. The molecule has 0 saturated heterocycles. The summed E-state index contributed by atoms with van der Waals surface area (Å²) in [6, 6.07) is 20.3. The maximum absolute atomic E-state index is 15.3. The molecule has 1 saturated carbocycles. The molecular formula is C32H34FN3O3. The van der Waals surface area contributed by atoms with E-state index in [2.05, 4.69) is 10.3 Å². The van der Waals surface area contributed by atoms with Gasteiger partial charge in [0, 0.05) is 34.3 Å². The molecule has 2 amide bonds. The van der Waals surface area contributed by atoms with Gasteiger partial charge in [-0.2, -0.15) is 0 Å². The maximum atomic E-state index is 15.3. The number of fused-ring (bicyclic) bond motifs is 1. The zero-order valence-electron chi connectivity index (χ0n) is 22.2. The number of carbonyl (C=O) groups excluding carboxylic acids is 2. The van der Waals surface area contributed by atoms with E-state index in [1.54, 1.807) is 25.3 Å². The predicted molar refractivity (Wildman–Crippen MR) is 150 cm³/mol. The Balaban J connectivity index is 1.55. The Morgan fingerprint density at radius 1 is 0.974 bits per heavy atom. The molecule has 0 bridgehead atoms. The number of nitrogens with one attached hydrogen (secondary N) is 2. The van der Waals surface area contributed by atoms with Crippen molar-refractivity contribution < 1.29 is 18.7 Å². The molecule has 1 heterocycles. The number of H-pyrrole nitrogens is 1. The van der Waals surface area contributed by atoms with Gasteiger partial charge in [-0.1, -0.05) is 73.9 Å². The van der Waals surface area contributed by atoms with E-state index in [0.29, 0.717) is 5.75 Å². The van der Waals surface area contributed by atoms with Crippen molar-refractivity contribution in [3.63, 3.8) is 0 Å². The van der Waals surface area contributed by atoms with Gasteiger partial charge in [-0.05, 0) is 36.6 Å². The minimum Gasteiger partial charge on any atom is -0.496 e. The van der Waals surface area contributed by atoms with Crippen molar-refractivity contribution in [1.82, 2.24) is 15.2 Å². The van der Waals surface area contributed by atoms with Crippen LogP contribution in [0.15, 0.2) is 79.0 Å². The van der Waals surface area contributed by atoms with E-state index in [9.17, 15) is 9.59 Å². The largest absolute Gasteiger partial charge is 0.496 e. The number of aromatic amines is 1. The van der Waals surface area contributed by atoms with Gasteiger partial charge >= 0.3 is 0 Å². The molecule has 0 unspecified atom stereocenters. The van der Waals surface area contributed by atoms with Gasteiger partial charge < -0.3 is 19.9 Å². The van der Waals surface area contributed by atoms with Crippen molar-refractivity contribution in [3.05, 3.63) is 102 Å². The Morgan fingerprint density at radius 3 is 2.49 bits per heavy atom. The number of rotatable bonds is 9. The minimum absolute atomic E-state index is 0.0114. The summed E-state index contributed by atoms with van der Waals surface area (Å²) in [6.07, 6.45) is 6.87. The Kier molecular flexibility index (Phi) is 8.25. The Bertz CT molecular complexity index is 1440. The van der Waals surface area contributed by atoms with Crippen LogP contribution in [0.3, 0.4) is 0 Å². The molecule has 7 heteroatoms. The smallest absolute Gasteiger partial charge is 0.247 e. The Morgan fingerprint density at radius 2 is 1.69 bits per heavy atom. The van der Waals surface area contributed by atoms with Crippen LogP contribution in [0.2, 0.25) is 0 Å². The van der Waals surface area contributed by atoms with E-state index in [1.807, 2.05) is 54.7 Å². The first-order chi connectivity index (χ1) is 19.0. The highest BCUT2D eigenvalue weighted by Crippen LogP contribution is 2.31. The molecule has 202 valence electrons. The van der Waals surface area contributed by atoms with Crippen molar-refractivity contribution in [3.8, 4) is 5.75 Å². The van der Waals surface area contributed by atoms with Crippen LogP contribution < -0.4 is 10.1 Å². The summed E-state index contributed by atoms with van der Waals surface area (Å²) < 4.78 is 20.9. The number of amides is 2. The molecule has 5 rings (SSSR count). The van der Waals surface area contributed by atoms with Crippen LogP contribution in [-0.4, -0.2) is 34.8 Å². The van der Waals surface area contributed by atoms with Gasteiger partial charge in [-0.25, -0.2) is 4.39 Å². The summed E-state index contributed by atoms with van der Waals surface area (Å²) in [5.74, 6) is -0.569. The van der Waals surface area contributed by atoms with E-state index in [-0.39, 0.29) is 36.4 Å². The number of para-hydroxylation sites is 2. The average molecular weight is 528 g/mol. The van der Waals surface area contributed by atoms with Crippen molar-refractivity contribution in [1.29, 1.82) is 0 Å². The fraction of sp³-hybridized carbons (Fsp3) is 0.312. The second-order valence-corrected chi connectivity index (χ2v) is 10.1. The SMILES string of the molecule is COc1ccccc1CN(C(=O)Cc1c[nH]c2ccccc12)[C@@H](C(=O)NC1CCCCC1)c1ccccc1F. The molecule has 1 atom stereocenters. The third-order valence-electron chi connectivity index (χ3n) is 7.58. The molecule has 1 aliphatic carbocycles. The zero-order valence-corrected chi connectivity index (χ0v) is 22.2. The Labute approximate surface area is 228 Å². The lowest BCUT2D eigenvalue weighted by atomic mass is 9.94. The van der Waals surface area contributed by atoms with E-state index in [0.717, 1.165) is 54.1 Å². The summed E-state index contributed by atoms with van der Waals surface area (Å²) in [7, 11) is 1.57. The molecule has 1 fully saturated rings. The van der Waals surface area contributed by atoms with Crippen LogP contribution in [0.25, 0.3) is 10.9 Å². The number of aromatic nitrogens is 1. The number of carbonyl (C=O) groups is 2. The molecule has 3 aromatic carbocycles. The van der Waals surface area contributed by atoms with Crippen LogP contribution in [0.1, 0.15) is 54.8 Å². The van der Waals surface area contributed by atoms with Gasteiger partial charge in [0.05, 0.1) is 20.1 Å². The van der Waals surface area contributed by atoms with Crippen LogP contribution >= 0.6 is 0 Å². The lowest BCUT2D eigenvalue weighted by Crippen LogP contribution is -2.47. The van der Waals surface area contributed by atoms with E-state index in [1.165, 1.54) is 11.0 Å². The van der Waals surface area contributed by atoms with Crippen LogP contribution in [0.4, 0.5) is 4.39 Å². The number of benzene rings is 3. The number of methoxy groups -OCH3 is 1. The first kappa shape index (κ1) is 26.5. The second kappa shape index (κ2) is 12.2. The number of hydrogen-bond acceptors (Lipinski definition) is 3. The predicted octanol–water partition coefficient (Wildman–Crippen LogP) is 6.08. The lowest BCUT2D eigenvalue weighted by molar-refractivity contribution is -0.141. The van der Waals surface area contributed by atoms with Gasteiger partial charge in [-0.15, -0.1) is 0 Å². The first-order valence-corrected chi connectivity index (χ1v) is 13.6. The number of nitrogens with zero attached hydrogens (tertiary/aromatic N) is 1. The normalized spacial score (nSPS) is 14.6. The highest BCUT2D eigenvalue weighted by atomic mass is 19.1. The summed E-state index contributed by atoms with van der Waals surface area (Å²) in [5, 5.41) is 4.09. The molecule has 1 aliphatic rings. The van der Waals surface area contributed by atoms with Crippen molar-refractivity contribution >= 4 is 22.7 Å². The van der Waals surface area contributed by atoms with Crippen LogP contribution in [0.5, 0.6) is 5.75 Å². The fourth-order valence-corrected chi connectivity index (χ4v) is 5.56. The van der Waals surface area contributed by atoms with Crippen molar-refractivity contribution in [2.45, 2.75) is 57.2 Å². The maximum Gasteiger partial charge on any atom is 0.247 e. The Hall–Kier alpha value is -4.13. The minimum atomic E-state index is -1.14. The molecule has 0 aliphatic heterocycles. The summed E-state index contributed by atoms with van der Waals surface area (Å²) in [5.41, 5.74) is 2.66. The molecular weight excluding hydrogens is 493 g/mol. The van der Waals surface area contributed by atoms with E-state index < -0.39 is 11.9 Å². The zero-order chi connectivity index (χ0) is 27.2. The highest BCUT2D eigenvalue weighted by Gasteiger charge is 2.35. The topological polar surface area (TPSA) is 74.4 Å². The molecule has 4 aromatic rings. The number of halogens is 1. The van der Waals surface area contributed by atoms with E-state index in [4.69, 9.17) is 4.74 Å². The van der Waals surface area contributed by atoms with E-state index >= 15 is 4.39 Å². The molecule has 0 spiro atoms. The van der Waals surface area contributed by atoms with Crippen LogP contribution in [0, 0.1) is 5.82 Å². The second-order valence-electron chi connectivity index (χ2n) is 10.1. The summed E-state index contributed by atoms with van der Waals surface area (Å²) in [6.45, 7) is 0.0856. The molecule has 2 N–H and O–H groups in total. The quantitative estimate of drug-likeness (QED) is 0.277. The van der Waals surface area contributed by atoms with Crippen molar-refractivity contribution in [2.24, 2.45) is 0 Å². The number of ether oxygens (including phenoxy) is 1. The average Bonchev–Trinajstić information content (AvgIpc) is 3.37. The van der Waals surface area contributed by atoms with Gasteiger partial charge in [0.15, 0.2) is 0 Å². The molecule has 0 radical (unpaired) electrons. The lowest BCUT2D eigenvalue weighted by Gasteiger charge is -2.34. The van der Waals surface area contributed by atoms with Gasteiger partial charge in [-0.3, -0.25) is 9.59 Å². The third kappa shape index (κ3) is 5.98. The van der Waals surface area contributed by atoms with Gasteiger partial charge in [0.2, 0.25) is 11.8 Å². The van der Waals surface area contributed by atoms with Gasteiger partial charge in [0.25, 0.3) is 0 Å².